The second-order valence-electron chi connectivity index (χ2n) is 5.81. The van der Waals surface area contributed by atoms with E-state index in [0.717, 1.165) is 29.6 Å². The van der Waals surface area contributed by atoms with E-state index < -0.39 is 17.8 Å². The fraction of sp³-hybridized carbons (Fsp3) is 0.312. The van der Waals surface area contributed by atoms with Crippen LogP contribution < -0.4 is 16.4 Å². The molecule has 0 spiro atoms. The highest BCUT2D eigenvalue weighted by atomic mass is 32.1. The third-order valence-electron chi connectivity index (χ3n) is 3.82. The predicted octanol–water partition coefficient (Wildman–Crippen LogP) is 2.88. The number of primary amides is 1. The van der Waals surface area contributed by atoms with E-state index in [9.17, 15) is 14.4 Å². The number of nitrogens with one attached hydrogen (secondary N) is 2. The maximum Gasteiger partial charge on any atom is 0.240 e. The molecule has 1 aliphatic carbocycles. The Hall–Kier alpha value is -2.66. The Morgan fingerprint density at radius 3 is 2.75 bits per heavy atom. The van der Waals surface area contributed by atoms with Gasteiger partial charge in [-0.1, -0.05) is 0 Å². The summed E-state index contributed by atoms with van der Waals surface area (Å²) in [6.07, 6.45) is 1.79. The first kappa shape index (κ1) is 16.2. The molecule has 1 aromatic carbocycles. The molecule has 0 bridgehead atoms. The highest BCUT2D eigenvalue weighted by Gasteiger charge is 2.35. The molecular weight excluding hydrogens is 329 g/mol. The average molecular weight is 345 g/mol. The summed E-state index contributed by atoms with van der Waals surface area (Å²) < 4.78 is 18.4. The van der Waals surface area contributed by atoms with Crippen molar-refractivity contribution in [3.05, 3.63) is 35.3 Å². The zero-order chi connectivity index (χ0) is 17.3. The van der Waals surface area contributed by atoms with Crippen molar-refractivity contribution in [2.24, 2.45) is 11.7 Å². The molecule has 4 N–H and O–H groups in total. The first-order chi connectivity index (χ1) is 11.5. The first-order valence-corrected chi connectivity index (χ1v) is 8.25. The van der Waals surface area contributed by atoms with E-state index in [1.54, 1.807) is 0 Å². The van der Waals surface area contributed by atoms with Gasteiger partial charge in [0.05, 0.1) is 22.6 Å². The number of rotatable bonds is 6. The van der Waals surface area contributed by atoms with Gasteiger partial charge in [0, 0.05) is 0 Å². The Labute approximate surface area is 142 Å². The van der Waals surface area contributed by atoms with E-state index >= 15 is 0 Å². The lowest BCUT2D eigenvalue weighted by Gasteiger charge is -2.18. The molecule has 2 aromatic rings. The van der Waals surface area contributed by atoms with Gasteiger partial charge in [0.1, 0.15) is 22.9 Å². The van der Waals surface area contributed by atoms with Crippen LogP contribution in [0.15, 0.2) is 18.2 Å². The van der Waals surface area contributed by atoms with Gasteiger partial charge in [0.25, 0.3) is 0 Å². The average Bonchev–Trinajstić information content (AvgIpc) is 3.29. The molecule has 0 aliphatic heterocycles. The number of nitrogens with two attached hydrogens (primary N) is 1. The van der Waals surface area contributed by atoms with Gasteiger partial charge in [-0.3, -0.25) is 4.79 Å². The van der Waals surface area contributed by atoms with Gasteiger partial charge in [-0.05, 0) is 55.4 Å². The summed E-state index contributed by atoms with van der Waals surface area (Å²) in [7, 11) is 0. The molecule has 1 heterocycles. The fourth-order valence-corrected chi connectivity index (χ4v) is 3.13. The fourth-order valence-electron chi connectivity index (χ4n) is 2.45. The summed E-state index contributed by atoms with van der Waals surface area (Å²) in [4.78, 5) is 11.6. The Morgan fingerprint density at radius 2 is 2.21 bits per heavy atom. The molecule has 24 heavy (non-hydrogen) atoms. The maximum atomic E-state index is 14.3. The molecule has 0 radical (unpaired) electrons. The lowest BCUT2D eigenvalue weighted by Crippen LogP contribution is -2.37. The zero-order valence-corrected chi connectivity index (χ0v) is 13.8. The van der Waals surface area contributed by atoms with E-state index in [0.29, 0.717) is 5.69 Å². The van der Waals surface area contributed by atoms with Gasteiger partial charge in [0.15, 0.2) is 0 Å². The smallest absolute Gasteiger partial charge is 0.240 e. The van der Waals surface area contributed by atoms with E-state index in [-0.39, 0.29) is 17.2 Å². The van der Waals surface area contributed by atoms with Crippen LogP contribution in [0.4, 0.5) is 20.8 Å². The highest BCUT2D eigenvalue weighted by molar-refractivity contribution is 7.10. The summed E-state index contributed by atoms with van der Waals surface area (Å²) in [5.74, 6) is -0.962. The topological polar surface area (TPSA) is 104 Å². The molecule has 124 valence electrons. The summed E-state index contributed by atoms with van der Waals surface area (Å²) in [6, 6.07) is 5.82. The number of aryl methyl sites for hydroxylation is 1. The second kappa shape index (κ2) is 6.45. The molecule has 1 fully saturated rings. The molecule has 8 heteroatoms. The number of anilines is 3. The number of aromatic nitrogens is 1. The van der Waals surface area contributed by atoms with Crippen LogP contribution in [0.2, 0.25) is 0 Å². The van der Waals surface area contributed by atoms with Crippen molar-refractivity contribution in [3.8, 4) is 6.07 Å². The molecule has 1 aromatic heterocycles. The molecular formula is C16H16FN5OS. The lowest BCUT2D eigenvalue weighted by atomic mass is 10.1. The molecule has 3 rings (SSSR count). The Kier molecular flexibility index (Phi) is 4.36. The number of nitriles is 1. The number of nitrogens with zero attached hydrogens (tertiary/aromatic N) is 2. The standard InChI is InChI=1S/C16H16FN5OS/c1-8-4-14(24-22-8)20-12-6-13(11(17)5-10(12)7-18)21-15(16(19)23)9-2-3-9/h4-6,9,15,20-21H,2-3H2,1H3,(H2,19,23). The minimum atomic E-state index is -0.606. The summed E-state index contributed by atoms with van der Waals surface area (Å²) in [5.41, 5.74) is 7.02. The van der Waals surface area contributed by atoms with Crippen LogP contribution in [0, 0.1) is 30.0 Å². The predicted molar refractivity (Wildman–Crippen MR) is 90.6 cm³/mol. The number of hydrogen-bond donors (Lipinski definition) is 3. The van der Waals surface area contributed by atoms with Crippen LogP contribution in [0.3, 0.4) is 0 Å². The van der Waals surface area contributed by atoms with Crippen LogP contribution in [0.5, 0.6) is 0 Å². The van der Waals surface area contributed by atoms with Crippen LogP contribution in [-0.2, 0) is 4.79 Å². The molecule has 1 saturated carbocycles. The normalized spacial score (nSPS) is 14.7. The monoisotopic (exact) mass is 345 g/mol. The van der Waals surface area contributed by atoms with Gasteiger partial charge in [0.2, 0.25) is 5.91 Å². The third kappa shape index (κ3) is 3.46. The molecule has 1 atom stereocenters. The van der Waals surface area contributed by atoms with Crippen molar-refractivity contribution < 1.29 is 9.18 Å². The number of benzene rings is 1. The number of amides is 1. The van der Waals surface area contributed by atoms with Crippen LogP contribution in [0.1, 0.15) is 24.1 Å². The van der Waals surface area contributed by atoms with E-state index in [1.807, 2.05) is 19.1 Å². The van der Waals surface area contributed by atoms with Gasteiger partial charge < -0.3 is 16.4 Å². The van der Waals surface area contributed by atoms with Crippen LogP contribution in [-0.4, -0.2) is 16.3 Å². The van der Waals surface area contributed by atoms with Crippen molar-refractivity contribution in [2.45, 2.75) is 25.8 Å². The molecule has 1 amide bonds. The molecule has 1 aliphatic rings. The molecule has 0 saturated heterocycles. The number of hydrogen-bond acceptors (Lipinski definition) is 6. The van der Waals surface area contributed by atoms with Crippen molar-refractivity contribution in [1.82, 2.24) is 4.37 Å². The number of halogens is 1. The van der Waals surface area contributed by atoms with Crippen molar-refractivity contribution in [3.63, 3.8) is 0 Å². The lowest BCUT2D eigenvalue weighted by molar-refractivity contribution is -0.119. The maximum absolute atomic E-state index is 14.3. The summed E-state index contributed by atoms with van der Waals surface area (Å²) in [6.45, 7) is 1.86. The van der Waals surface area contributed by atoms with Gasteiger partial charge in [-0.25, -0.2) is 4.39 Å². The van der Waals surface area contributed by atoms with Gasteiger partial charge in [-0.15, -0.1) is 0 Å². The summed E-state index contributed by atoms with van der Waals surface area (Å²) >= 11 is 1.25. The van der Waals surface area contributed by atoms with Gasteiger partial charge in [-0.2, -0.15) is 9.64 Å². The highest BCUT2D eigenvalue weighted by Crippen LogP contribution is 2.36. The largest absolute Gasteiger partial charge is 0.371 e. The quantitative estimate of drug-likeness (QED) is 0.747. The van der Waals surface area contributed by atoms with Gasteiger partial charge >= 0.3 is 0 Å². The minimum Gasteiger partial charge on any atom is -0.371 e. The van der Waals surface area contributed by atoms with Crippen molar-refractivity contribution >= 4 is 33.8 Å². The number of carbonyl (C=O) groups is 1. The van der Waals surface area contributed by atoms with Crippen LogP contribution in [0.25, 0.3) is 0 Å². The zero-order valence-electron chi connectivity index (χ0n) is 13.0. The Balaban J connectivity index is 1.90. The second-order valence-corrected chi connectivity index (χ2v) is 6.61. The minimum absolute atomic E-state index is 0.137. The van der Waals surface area contributed by atoms with E-state index in [4.69, 9.17) is 5.73 Å². The van der Waals surface area contributed by atoms with E-state index in [2.05, 4.69) is 15.0 Å². The molecule has 6 nitrogen and oxygen atoms in total. The third-order valence-corrected chi connectivity index (χ3v) is 4.62. The van der Waals surface area contributed by atoms with Crippen LogP contribution >= 0.6 is 11.5 Å². The Morgan fingerprint density at radius 1 is 1.46 bits per heavy atom. The first-order valence-electron chi connectivity index (χ1n) is 7.47. The number of carbonyl (C=O) groups excluding carboxylic acids is 1. The summed E-state index contributed by atoms with van der Waals surface area (Å²) in [5, 5.41) is 15.9. The van der Waals surface area contributed by atoms with E-state index in [1.165, 1.54) is 17.6 Å². The Bertz CT molecular complexity index is 824. The SMILES string of the molecule is Cc1cc(Nc2cc(NC(C(N)=O)C3CC3)c(F)cc2C#N)sn1. The van der Waals surface area contributed by atoms with Crippen molar-refractivity contribution in [2.75, 3.05) is 10.6 Å². The molecule has 1 unspecified atom stereocenters. The van der Waals surface area contributed by atoms with Crippen molar-refractivity contribution in [1.29, 1.82) is 5.26 Å².